The van der Waals surface area contributed by atoms with Crippen molar-refractivity contribution in [3.05, 3.63) is 58.9 Å². The zero-order valence-electron chi connectivity index (χ0n) is 16.8. The summed E-state index contributed by atoms with van der Waals surface area (Å²) in [5, 5.41) is 3.13. The standard InChI is InChI=1S/C21H24ClFN2O4S/c1-21(20(26)24-13-15-4-7-17(23)8-5-15)10-3-11-25(14-21)30(27,28)19-12-16(22)6-9-18(19)29-2/h4-9,12H,3,10-11,13-14H2,1-2H3,(H,24,26). The van der Waals surface area contributed by atoms with E-state index in [2.05, 4.69) is 5.32 Å². The van der Waals surface area contributed by atoms with Crippen LogP contribution in [0.2, 0.25) is 5.02 Å². The maximum atomic E-state index is 13.3. The molecule has 0 spiro atoms. The molecule has 30 heavy (non-hydrogen) atoms. The van der Waals surface area contributed by atoms with Crippen molar-refractivity contribution in [1.82, 2.24) is 9.62 Å². The quantitative estimate of drug-likeness (QED) is 0.723. The summed E-state index contributed by atoms with van der Waals surface area (Å²) in [6, 6.07) is 10.3. The second kappa shape index (κ2) is 8.91. The highest BCUT2D eigenvalue weighted by molar-refractivity contribution is 7.89. The second-order valence-corrected chi connectivity index (χ2v) is 9.95. The summed E-state index contributed by atoms with van der Waals surface area (Å²) in [6.45, 7) is 2.34. The summed E-state index contributed by atoms with van der Waals surface area (Å²) >= 11 is 6.01. The summed E-state index contributed by atoms with van der Waals surface area (Å²) < 4.78 is 46.1. The van der Waals surface area contributed by atoms with Crippen LogP contribution in [-0.2, 0) is 21.4 Å². The Bertz CT molecular complexity index is 1030. The highest BCUT2D eigenvalue weighted by Crippen LogP contribution is 2.36. The highest BCUT2D eigenvalue weighted by Gasteiger charge is 2.42. The molecule has 2 aromatic rings. The minimum atomic E-state index is -3.90. The molecule has 1 amide bonds. The second-order valence-electron chi connectivity index (χ2n) is 7.61. The van der Waals surface area contributed by atoms with Crippen LogP contribution in [0, 0.1) is 11.2 Å². The molecule has 6 nitrogen and oxygen atoms in total. The smallest absolute Gasteiger partial charge is 0.246 e. The molecule has 1 aliphatic heterocycles. The molecule has 1 unspecified atom stereocenters. The van der Waals surface area contributed by atoms with E-state index in [1.807, 2.05) is 0 Å². The lowest BCUT2D eigenvalue weighted by Gasteiger charge is -2.38. The van der Waals surface area contributed by atoms with Crippen LogP contribution < -0.4 is 10.1 Å². The van der Waals surface area contributed by atoms with Gasteiger partial charge < -0.3 is 10.1 Å². The van der Waals surface area contributed by atoms with Crippen molar-refractivity contribution in [1.29, 1.82) is 0 Å². The minimum absolute atomic E-state index is 0.0199. The van der Waals surface area contributed by atoms with Gasteiger partial charge in [-0.1, -0.05) is 23.7 Å². The summed E-state index contributed by atoms with van der Waals surface area (Å²) in [6.07, 6.45) is 1.10. The average Bonchev–Trinajstić information content (AvgIpc) is 2.73. The molecule has 2 aromatic carbocycles. The largest absolute Gasteiger partial charge is 0.495 e. The number of ether oxygens (including phenoxy) is 1. The number of hydrogen-bond donors (Lipinski definition) is 1. The minimum Gasteiger partial charge on any atom is -0.495 e. The van der Waals surface area contributed by atoms with Crippen LogP contribution in [0.1, 0.15) is 25.3 Å². The van der Waals surface area contributed by atoms with Crippen molar-refractivity contribution >= 4 is 27.5 Å². The van der Waals surface area contributed by atoms with Gasteiger partial charge in [-0.3, -0.25) is 4.79 Å². The topological polar surface area (TPSA) is 75.7 Å². The fraction of sp³-hybridized carbons (Fsp3) is 0.381. The van der Waals surface area contributed by atoms with Crippen molar-refractivity contribution in [2.75, 3.05) is 20.2 Å². The number of nitrogens with zero attached hydrogens (tertiary/aromatic N) is 1. The summed E-state index contributed by atoms with van der Waals surface area (Å²) in [4.78, 5) is 12.9. The van der Waals surface area contributed by atoms with Crippen molar-refractivity contribution in [2.45, 2.75) is 31.2 Å². The van der Waals surface area contributed by atoms with E-state index in [1.165, 1.54) is 35.7 Å². The van der Waals surface area contributed by atoms with E-state index >= 15 is 0 Å². The normalized spacial score (nSPS) is 20.0. The van der Waals surface area contributed by atoms with Gasteiger partial charge in [0.25, 0.3) is 0 Å². The molecule has 1 heterocycles. The van der Waals surface area contributed by atoms with Crippen LogP contribution in [0.25, 0.3) is 0 Å². The fourth-order valence-corrected chi connectivity index (χ4v) is 5.59. The number of carbonyl (C=O) groups excluding carboxylic acids is 1. The van der Waals surface area contributed by atoms with Gasteiger partial charge in [-0.05, 0) is 55.7 Å². The Labute approximate surface area is 181 Å². The zero-order valence-corrected chi connectivity index (χ0v) is 18.4. The Hall–Kier alpha value is -2.16. The Morgan fingerprint density at radius 1 is 1.27 bits per heavy atom. The lowest BCUT2D eigenvalue weighted by Crippen LogP contribution is -2.51. The van der Waals surface area contributed by atoms with E-state index in [4.69, 9.17) is 16.3 Å². The van der Waals surface area contributed by atoms with Crippen LogP contribution in [0.5, 0.6) is 5.75 Å². The first-order valence-corrected chi connectivity index (χ1v) is 11.3. The Kier molecular flexibility index (Phi) is 6.69. The van der Waals surface area contributed by atoms with Gasteiger partial charge in [-0.25, -0.2) is 12.8 Å². The van der Waals surface area contributed by atoms with Gasteiger partial charge in [0.2, 0.25) is 15.9 Å². The Balaban J connectivity index is 1.77. The summed E-state index contributed by atoms with van der Waals surface area (Å²) in [7, 11) is -2.51. The number of halogens is 2. The number of methoxy groups -OCH3 is 1. The Morgan fingerprint density at radius 2 is 1.97 bits per heavy atom. The molecule has 1 fully saturated rings. The van der Waals surface area contributed by atoms with Crippen molar-refractivity contribution in [3.8, 4) is 5.75 Å². The molecule has 1 saturated heterocycles. The molecule has 0 saturated carbocycles. The van der Waals surface area contributed by atoms with E-state index in [-0.39, 0.29) is 40.5 Å². The van der Waals surface area contributed by atoms with E-state index in [0.29, 0.717) is 19.4 Å². The predicted octanol–water partition coefficient (Wildman–Crippen LogP) is 3.59. The lowest BCUT2D eigenvalue weighted by molar-refractivity contribution is -0.132. The molecule has 1 N–H and O–H groups in total. The van der Waals surface area contributed by atoms with Crippen LogP contribution in [0.15, 0.2) is 47.4 Å². The van der Waals surface area contributed by atoms with Crippen molar-refractivity contribution in [2.24, 2.45) is 5.41 Å². The first-order valence-electron chi connectivity index (χ1n) is 9.52. The zero-order chi connectivity index (χ0) is 21.9. The molecule has 0 bridgehead atoms. The first-order chi connectivity index (χ1) is 14.2. The molecule has 0 aliphatic carbocycles. The van der Waals surface area contributed by atoms with Crippen molar-refractivity contribution < 1.29 is 22.3 Å². The monoisotopic (exact) mass is 454 g/mol. The molecule has 162 valence electrons. The van der Waals surface area contributed by atoms with Gasteiger partial charge in [-0.2, -0.15) is 4.31 Å². The third-order valence-corrected chi connectivity index (χ3v) is 7.42. The molecule has 0 radical (unpaired) electrons. The van der Waals surface area contributed by atoms with Gasteiger partial charge in [0.15, 0.2) is 0 Å². The van der Waals surface area contributed by atoms with Gasteiger partial charge in [-0.15, -0.1) is 0 Å². The average molecular weight is 455 g/mol. The predicted molar refractivity (Wildman–Crippen MR) is 112 cm³/mol. The third kappa shape index (κ3) is 4.77. The molecule has 3 rings (SSSR count). The first kappa shape index (κ1) is 22.5. The van der Waals surface area contributed by atoms with Gasteiger partial charge >= 0.3 is 0 Å². The van der Waals surface area contributed by atoms with E-state index in [1.54, 1.807) is 25.1 Å². The van der Waals surface area contributed by atoms with Crippen LogP contribution in [-0.4, -0.2) is 38.8 Å². The molecule has 0 aromatic heterocycles. The van der Waals surface area contributed by atoms with E-state index in [9.17, 15) is 17.6 Å². The van der Waals surface area contributed by atoms with Gasteiger partial charge in [0.05, 0.1) is 12.5 Å². The highest BCUT2D eigenvalue weighted by atomic mass is 35.5. The van der Waals surface area contributed by atoms with Crippen LogP contribution in [0.3, 0.4) is 0 Å². The number of nitrogens with one attached hydrogen (secondary N) is 1. The Morgan fingerprint density at radius 3 is 2.63 bits per heavy atom. The van der Waals surface area contributed by atoms with E-state index in [0.717, 1.165) is 5.56 Å². The number of carbonyl (C=O) groups is 1. The number of hydrogen-bond acceptors (Lipinski definition) is 4. The number of benzene rings is 2. The van der Waals surface area contributed by atoms with E-state index < -0.39 is 15.4 Å². The maximum Gasteiger partial charge on any atom is 0.246 e. The molecular weight excluding hydrogens is 431 g/mol. The van der Waals surface area contributed by atoms with Crippen LogP contribution in [0.4, 0.5) is 4.39 Å². The maximum absolute atomic E-state index is 13.3. The molecule has 1 atom stereocenters. The summed E-state index contributed by atoms with van der Waals surface area (Å²) in [5.74, 6) is -0.390. The van der Waals surface area contributed by atoms with Crippen LogP contribution >= 0.6 is 11.6 Å². The number of piperidine rings is 1. The SMILES string of the molecule is COc1ccc(Cl)cc1S(=O)(=O)N1CCCC(C)(C(=O)NCc2ccc(F)cc2)C1. The number of rotatable bonds is 6. The number of sulfonamides is 1. The third-order valence-electron chi connectivity index (χ3n) is 5.32. The van der Waals surface area contributed by atoms with Gasteiger partial charge in [0, 0.05) is 24.7 Å². The molecular formula is C21H24ClFN2O4S. The van der Waals surface area contributed by atoms with Gasteiger partial charge in [0.1, 0.15) is 16.5 Å². The fourth-order valence-electron chi connectivity index (χ4n) is 3.57. The molecule has 1 aliphatic rings. The molecule has 9 heteroatoms. The van der Waals surface area contributed by atoms with Crippen molar-refractivity contribution in [3.63, 3.8) is 0 Å². The lowest BCUT2D eigenvalue weighted by atomic mass is 9.82. The number of amides is 1. The summed E-state index contributed by atoms with van der Waals surface area (Å²) in [5.41, 5.74) is -0.130.